The third-order valence-corrected chi connectivity index (χ3v) is 5.51. The Bertz CT molecular complexity index is 1060. The molecule has 0 aliphatic heterocycles. The van der Waals surface area contributed by atoms with E-state index in [-0.39, 0.29) is 5.91 Å². The Hall–Kier alpha value is -2.72. The number of carbonyl (C=O) groups is 1. The van der Waals surface area contributed by atoms with E-state index in [1.165, 1.54) is 0 Å². The number of rotatable bonds is 8. The van der Waals surface area contributed by atoms with E-state index in [2.05, 4.69) is 12.2 Å². The van der Waals surface area contributed by atoms with E-state index in [4.69, 9.17) is 20.8 Å². The first-order chi connectivity index (χ1) is 14.5. The summed E-state index contributed by atoms with van der Waals surface area (Å²) >= 11 is 6.04. The van der Waals surface area contributed by atoms with Gasteiger partial charge in [0.1, 0.15) is 11.3 Å². The second kappa shape index (κ2) is 9.86. The smallest absolute Gasteiger partial charge is 0.244 e. The summed E-state index contributed by atoms with van der Waals surface area (Å²) in [5.41, 5.74) is 5.39. The summed E-state index contributed by atoms with van der Waals surface area (Å²) in [6.45, 7) is 6.73. The summed E-state index contributed by atoms with van der Waals surface area (Å²) in [6, 6.07) is 9.70. The molecule has 0 aliphatic carbocycles. The number of carbonyl (C=O) groups excluding carboxylic acids is 1. The fraction of sp³-hybridized carbons (Fsp3) is 0.320. The summed E-state index contributed by atoms with van der Waals surface area (Å²) in [5.74, 6) is 0.626. The van der Waals surface area contributed by atoms with Gasteiger partial charge in [-0.25, -0.2) is 0 Å². The molecule has 5 heteroatoms. The first-order valence-electron chi connectivity index (χ1n) is 10.3. The molecule has 2 aromatic carbocycles. The van der Waals surface area contributed by atoms with Gasteiger partial charge >= 0.3 is 0 Å². The lowest BCUT2D eigenvalue weighted by Gasteiger charge is -2.13. The highest BCUT2D eigenvalue weighted by Gasteiger charge is 2.18. The van der Waals surface area contributed by atoms with E-state index in [1.807, 2.05) is 44.2 Å². The predicted octanol–water partition coefficient (Wildman–Crippen LogP) is 6.78. The maximum Gasteiger partial charge on any atom is 0.244 e. The molecular formula is C25H28ClNO3. The minimum Gasteiger partial charge on any atom is -0.496 e. The normalized spacial score (nSPS) is 11.7. The number of methoxy groups -OCH3 is 1. The Labute approximate surface area is 182 Å². The lowest BCUT2D eigenvalue weighted by Crippen LogP contribution is -2.22. The summed E-state index contributed by atoms with van der Waals surface area (Å²) in [6.07, 6.45) is 6.62. The van der Waals surface area contributed by atoms with Gasteiger partial charge in [0.15, 0.2) is 0 Å². The van der Waals surface area contributed by atoms with Crippen LogP contribution in [0.2, 0.25) is 5.02 Å². The summed E-state index contributed by atoms with van der Waals surface area (Å²) < 4.78 is 11.6. The number of fused-ring (bicyclic) bond motifs is 1. The summed E-state index contributed by atoms with van der Waals surface area (Å²) in [4.78, 5) is 12.3. The Morgan fingerprint density at radius 3 is 2.63 bits per heavy atom. The molecule has 1 N–H and O–H groups in total. The first kappa shape index (κ1) is 22.0. The van der Waals surface area contributed by atoms with Gasteiger partial charge in [-0.3, -0.25) is 4.79 Å². The molecule has 3 aromatic rings. The number of halogens is 1. The molecule has 0 saturated carbocycles. The second-order valence-corrected chi connectivity index (χ2v) is 7.88. The quantitative estimate of drug-likeness (QED) is 0.319. The van der Waals surface area contributed by atoms with Gasteiger partial charge in [-0.05, 0) is 49.6 Å². The molecule has 3 rings (SSSR count). The van der Waals surface area contributed by atoms with Gasteiger partial charge in [0.25, 0.3) is 0 Å². The molecule has 0 aliphatic rings. The lowest BCUT2D eigenvalue weighted by molar-refractivity contribution is -0.116. The highest BCUT2D eigenvalue weighted by Crippen LogP contribution is 2.40. The Morgan fingerprint density at radius 1 is 1.23 bits per heavy atom. The predicted molar refractivity (Wildman–Crippen MR) is 124 cm³/mol. The first-order valence-corrected chi connectivity index (χ1v) is 10.6. The average Bonchev–Trinajstić information content (AvgIpc) is 3.16. The van der Waals surface area contributed by atoms with Crippen LogP contribution in [0.1, 0.15) is 44.2 Å². The van der Waals surface area contributed by atoms with E-state index in [9.17, 15) is 4.79 Å². The molecule has 0 atom stereocenters. The number of hydrogen-bond donors (Lipinski definition) is 1. The third kappa shape index (κ3) is 4.71. The number of nitrogens with one attached hydrogen (secondary N) is 1. The second-order valence-electron chi connectivity index (χ2n) is 7.44. The van der Waals surface area contributed by atoms with Crippen molar-refractivity contribution in [3.05, 3.63) is 58.8 Å². The molecule has 0 spiro atoms. The molecule has 158 valence electrons. The van der Waals surface area contributed by atoms with Crippen molar-refractivity contribution in [2.75, 3.05) is 13.7 Å². The number of allylic oxidation sites excluding steroid dienone is 1. The lowest BCUT2D eigenvalue weighted by atomic mass is 9.96. The van der Waals surface area contributed by atoms with Crippen LogP contribution in [0.3, 0.4) is 0 Å². The molecule has 0 saturated heterocycles. The molecule has 4 nitrogen and oxygen atoms in total. The molecule has 1 amide bonds. The molecule has 0 fully saturated rings. The van der Waals surface area contributed by atoms with Crippen molar-refractivity contribution in [3.8, 4) is 16.9 Å². The standard InChI is InChI=1S/C25H28ClNO3/c1-5-6-7-12-27-23(28)13-16(2)20-14-21-22(18-8-10-19(26)11-9-18)15-30-25(21)17(3)24(20)29-4/h8-11,13-15H,5-7,12H2,1-4H3,(H,27,28)/b16-13+. The van der Waals surface area contributed by atoms with Gasteiger partial charge < -0.3 is 14.5 Å². The van der Waals surface area contributed by atoms with E-state index in [0.29, 0.717) is 17.3 Å². The minimum atomic E-state index is -0.0893. The third-order valence-electron chi connectivity index (χ3n) is 5.26. The molecular weight excluding hydrogens is 398 g/mol. The number of amides is 1. The van der Waals surface area contributed by atoms with Crippen molar-refractivity contribution in [2.45, 2.75) is 40.0 Å². The average molecular weight is 426 g/mol. The van der Waals surface area contributed by atoms with Crippen molar-refractivity contribution >= 4 is 34.1 Å². The zero-order chi connectivity index (χ0) is 21.7. The van der Waals surface area contributed by atoms with Crippen LogP contribution in [0.15, 0.2) is 47.1 Å². The Balaban J connectivity index is 2.01. The number of unbranched alkanes of at least 4 members (excludes halogenated alkanes) is 2. The number of aryl methyl sites for hydroxylation is 1. The van der Waals surface area contributed by atoms with E-state index in [0.717, 1.165) is 58.1 Å². The number of furan rings is 1. The van der Waals surface area contributed by atoms with Crippen molar-refractivity contribution in [1.82, 2.24) is 5.32 Å². The van der Waals surface area contributed by atoms with Crippen molar-refractivity contribution in [1.29, 1.82) is 0 Å². The van der Waals surface area contributed by atoms with Crippen LogP contribution in [-0.4, -0.2) is 19.6 Å². The fourth-order valence-electron chi connectivity index (χ4n) is 3.64. The number of ether oxygens (including phenoxy) is 1. The SMILES string of the molecule is CCCCCNC(=O)/C=C(\C)c1cc2c(-c3ccc(Cl)cc3)coc2c(C)c1OC. The van der Waals surface area contributed by atoms with Crippen LogP contribution < -0.4 is 10.1 Å². The zero-order valence-corrected chi connectivity index (χ0v) is 18.7. The molecule has 1 aromatic heterocycles. The van der Waals surface area contributed by atoms with Gasteiger partial charge in [-0.1, -0.05) is 43.5 Å². The topological polar surface area (TPSA) is 51.5 Å². The van der Waals surface area contributed by atoms with Crippen molar-refractivity contribution < 1.29 is 13.9 Å². The minimum absolute atomic E-state index is 0.0893. The molecule has 30 heavy (non-hydrogen) atoms. The van der Waals surface area contributed by atoms with E-state index < -0.39 is 0 Å². The van der Waals surface area contributed by atoms with Crippen LogP contribution in [0, 0.1) is 6.92 Å². The fourth-order valence-corrected chi connectivity index (χ4v) is 3.76. The van der Waals surface area contributed by atoms with Gasteiger partial charge in [0.05, 0.1) is 13.4 Å². The van der Waals surface area contributed by atoms with Crippen LogP contribution in [0.4, 0.5) is 0 Å². The molecule has 0 bridgehead atoms. The molecule has 1 heterocycles. The molecule has 0 unspecified atom stereocenters. The van der Waals surface area contributed by atoms with E-state index >= 15 is 0 Å². The molecule has 0 radical (unpaired) electrons. The maximum absolute atomic E-state index is 12.3. The zero-order valence-electron chi connectivity index (χ0n) is 18.0. The maximum atomic E-state index is 12.3. The highest BCUT2D eigenvalue weighted by molar-refractivity contribution is 6.30. The highest BCUT2D eigenvalue weighted by atomic mass is 35.5. The van der Waals surface area contributed by atoms with Gasteiger partial charge in [0.2, 0.25) is 5.91 Å². The Morgan fingerprint density at radius 2 is 1.97 bits per heavy atom. The van der Waals surface area contributed by atoms with E-state index in [1.54, 1.807) is 19.4 Å². The van der Waals surface area contributed by atoms with Crippen LogP contribution in [0.25, 0.3) is 27.7 Å². The van der Waals surface area contributed by atoms with Gasteiger partial charge in [-0.15, -0.1) is 0 Å². The van der Waals surface area contributed by atoms with Crippen molar-refractivity contribution in [2.24, 2.45) is 0 Å². The Kier molecular flexibility index (Phi) is 7.22. The van der Waals surface area contributed by atoms with Crippen LogP contribution >= 0.6 is 11.6 Å². The summed E-state index contributed by atoms with van der Waals surface area (Å²) in [7, 11) is 1.64. The van der Waals surface area contributed by atoms with Crippen molar-refractivity contribution in [3.63, 3.8) is 0 Å². The number of hydrogen-bond acceptors (Lipinski definition) is 3. The summed E-state index contributed by atoms with van der Waals surface area (Å²) in [5, 5.41) is 4.62. The number of benzene rings is 2. The monoisotopic (exact) mass is 425 g/mol. The largest absolute Gasteiger partial charge is 0.496 e. The van der Waals surface area contributed by atoms with Crippen LogP contribution in [0.5, 0.6) is 5.75 Å². The van der Waals surface area contributed by atoms with Crippen LogP contribution in [-0.2, 0) is 4.79 Å². The van der Waals surface area contributed by atoms with Gasteiger partial charge in [0, 0.05) is 39.7 Å². The van der Waals surface area contributed by atoms with Gasteiger partial charge in [-0.2, -0.15) is 0 Å².